The first-order valence-corrected chi connectivity index (χ1v) is 9.86. The van der Waals surface area contributed by atoms with Gasteiger partial charge in [-0.3, -0.25) is 4.79 Å². The van der Waals surface area contributed by atoms with Crippen molar-refractivity contribution in [3.63, 3.8) is 0 Å². The lowest BCUT2D eigenvalue weighted by atomic mass is 10.1. The zero-order valence-corrected chi connectivity index (χ0v) is 14.8. The summed E-state index contributed by atoms with van der Waals surface area (Å²) < 4.78 is 23.3. The van der Waals surface area contributed by atoms with Crippen LogP contribution in [0.3, 0.4) is 0 Å². The number of amides is 1. The van der Waals surface area contributed by atoms with Crippen molar-refractivity contribution in [3.8, 4) is 0 Å². The molecule has 6 nitrogen and oxygen atoms in total. The van der Waals surface area contributed by atoms with Crippen LogP contribution in [0.4, 0.5) is 11.5 Å². The fourth-order valence-corrected chi connectivity index (χ4v) is 4.57. The van der Waals surface area contributed by atoms with Crippen LogP contribution in [-0.4, -0.2) is 43.4 Å². The zero-order chi connectivity index (χ0) is 17.0. The molecule has 7 heteroatoms. The average Bonchev–Trinajstić information content (AvgIpc) is 2.80. The topological polar surface area (TPSA) is 79.4 Å². The molecule has 1 aliphatic heterocycles. The highest BCUT2D eigenvalue weighted by Crippen LogP contribution is 2.23. The molecule has 1 aromatic rings. The van der Waals surface area contributed by atoms with Crippen LogP contribution in [0.2, 0.25) is 0 Å². The minimum Gasteiger partial charge on any atom is -0.353 e. The van der Waals surface area contributed by atoms with Crippen LogP contribution >= 0.6 is 0 Å². The summed E-state index contributed by atoms with van der Waals surface area (Å²) in [5, 5.41) is 2.82. The summed E-state index contributed by atoms with van der Waals surface area (Å²) in [5.41, 5.74) is 0.662. The molecular formula is C16H25N3O3S. The predicted octanol–water partition coefficient (Wildman–Crippen LogP) is 2.08. The van der Waals surface area contributed by atoms with Gasteiger partial charge in [-0.1, -0.05) is 13.8 Å². The van der Waals surface area contributed by atoms with Crippen molar-refractivity contribution < 1.29 is 13.2 Å². The van der Waals surface area contributed by atoms with Crippen molar-refractivity contribution in [2.45, 2.75) is 39.7 Å². The molecule has 1 N–H and O–H groups in total. The predicted molar refractivity (Wildman–Crippen MR) is 92.4 cm³/mol. The molecule has 1 saturated heterocycles. The Hall–Kier alpha value is -1.63. The highest BCUT2D eigenvalue weighted by atomic mass is 32.2. The van der Waals surface area contributed by atoms with E-state index in [0.29, 0.717) is 31.0 Å². The van der Waals surface area contributed by atoms with Crippen molar-refractivity contribution in [3.05, 3.63) is 18.3 Å². The summed E-state index contributed by atoms with van der Waals surface area (Å²) in [7, 11) is -2.92. The number of carbonyl (C=O) groups excluding carboxylic acids is 1. The molecule has 1 aliphatic rings. The Labute approximate surface area is 138 Å². The number of hydrogen-bond acceptors (Lipinski definition) is 5. The van der Waals surface area contributed by atoms with Crippen molar-refractivity contribution in [1.29, 1.82) is 0 Å². The monoisotopic (exact) mass is 339 g/mol. The number of pyridine rings is 1. The van der Waals surface area contributed by atoms with Gasteiger partial charge in [0.15, 0.2) is 9.84 Å². The van der Waals surface area contributed by atoms with E-state index in [4.69, 9.17) is 0 Å². The van der Waals surface area contributed by atoms with E-state index in [1.807, 2.05) is 37.8 Å². The Balaban J connectivity index is 2.04. The lowest BCUT2D eigenvalue weighted by Crippen LogP contribution is -2.36. The molecule has 1 aromatic heterocycles. The summed E-state index contributed by atoms with van der Waals surface area (Å²) in [6, 6.07) is 3.63. The average molecular weight is 339 g/mol. The van der Waals surface area contributed by atoms with Gasteiger partial charge in [0.2, 0.25) is 5.91 Å². The second kappa shape index (κ2) is 7.29. The minimum atomic E-state index is -2.92. The van der Waals surface area contributed by atoms with Crippen LogP contribution in [0.15, 0.2) is 18.3 Å². The highest BCUT2D eigenvalue weighted by molar-refractivity contribution is 7.91. The number of rotatable bonds is 6. The fraction of sp³-hybridized carbons (Fsp3) is 0.625. The molecule has 1 unspecified atom stereocenters. The van der Waals surface area contributed by atoms with Gasteiger partial charge in [-0.25, -0.2) is 13.4 Å². The fourth-order valence-electron chi connectivity index (χ4n) is 2.84. The van der Waals surface area contributed by atoms with E-state index in [0.717, 1.165) is 5.82 Å². The molecule has 0 spiro atoms. The minimum absolute atomic E-state index is 0.0149. The number of anilines is 2. The van der Waals surface area contributed by atoms with Gasteiger partial charge in [0.1, 0.15) is 5.82 Å². The first-order chi connectivity index (χ1) is 10.8. The molecule has 2 heterocycles. The maximum absolute atomic E-state index is 11.8. The molecule has 1 amide bonds. The molecular weight excluding hydrogens is 314 g/mol. The van der Waals surface area contributed by atoms with Crippen LogP contribution in [0.5, 0.6) is 0 Å². The van der Waals surface area contributed by atoms with E-state index in [-0.39, 0.29) is 23.5 Å². The summed E-state index contributed by atoms with van der Waals surface area (Å²) in [6.07, 6.45) is 2.74. The van der Waals surface area contributed by atoms with Gasteiger partial charge in [-0.05, 0) is 31.4 Å². The summed E-state index contributed by atoms with van der Waals surface area (Å²) in [6.45, 7) is 6.68. The van der Waals surface area contributed by atoms with Gasteiger partial charge in [0.25, 0.3) is 0 Å². The smallest absolute Gasteiger partial charge is 0.224 e. The van der Waals surface area contributed by atoms with Gasteiger partial charge in [-0.2, -0.15) is 0 Å². The lowest BCUT2D eigenvalue weighted by molar-refractivity contribution is -0.116. The van der Waals surface area contributed by atoms with E-state index in [2.05, 4.69) is 10.3 Å². The Morgan fingerprint density at radius 3 is 2.65 bits per heavy atom. The first-order valence-electron chi connectivity index (χ1n) is 8.03. The normalized spacial score (nSPS) is 19.7. The number of nitrogens with one attached hydrogen (secondary N) is 1. The maximum atomic E-state index is 11.8. The second-order valence-electron chi connectivity index (χ2n) is 6.39. The van der Waals surface area contributed by atoms with Gasteiger partial charge in [0, 0.05) is 19.0 Å². The molecule has 2 rings (SSSR count). The van der Waals surface area contributed by atoms with Crippen LogP contribution in [0.1, 0.15) is 33.6 Å². The summed E-state index contributed by atoms with van der Waals surface area (Å²) in [4.78, 5) is 18.2. The molecule has 23 heavy (non-hydrogen) atoms. The van der Waals surface area contributed by atoms with E-state index in [1.165, 1.54) is 0 Å². The summed E-state index contributed by atoms with van der Waals surface area (Å²) >= 11 is 0. The molecule has 0 aromatic carbocycles. The number of carbonyl (C=O) groups is 1. The number of aromatic nitrogens is 1. The molecule has 0 aliphatic carbocycles. The Kier molecular flexibility index (Phi) is 5.62. The Morgan fingerprint density at radius 1 is 1.43 bits per heavy atom. The van der Waals surface area contributed by atoms with Crippen molar-refractivity contribution in [2.24, 2.45) is 5.92 Å². The van der Waals surface area contributed by atoms with Gasteiger partial charge < -0.3 is 10.2 Å². The number of sulfone groups is 1. The lowest BCUT2D eigenvalue weighted by Gasteiger charge is -2.28. The van der Waals surface area contributed by atoms with Gasteiger partial charge in [0.05, 0.1) is 23.4 Å². The zero-order valence-electron chi connectivity index (χ0n) is 13.9. The van der Waals surface area contributed by atoms with Gasteiger partial charge >= 0.3 is 0 Å². The second-order valence-corrected chi connectivity index (χ2v) is 8.62. The summed E-state index contributed by atoms with van der Waals surface area (Å²) in [5.74, 6) is 1.47. The molecule has 128 valence electrons. The van der Waals surface area contributed by atoms with Crippen LogP contribution in [0, 0.1) is 5.92 Å². The van der Waals surface area contributed by atoms with Crippen LogP contribution in [0.25, 0.3) is 0 Å². The van der Waals surface area contributed by atoms with E-state index in [9.17, 15) is 13.2 Å². The largest absolute Gasteiger partial charge is 0.353 e. The highest BCUT2D eigenvalue weighted by Gasteiger charge is 2.32. The van der Waals surface area contributed by atoms with Crippen molar-refractivity contribution in [1.82, 2.24) is 4.98 Å². The molecule has 1 atom stereocenters. The number of nitrogens with zero attached hydrogens (tertiary/aromatic N) is 2. The van der Waals surface area contributed by atoms with Crippen molar-refractivity contribution in [2.75, 3.05) is 28.3 Å². The SMILES string of the molecule is CCN(c1ccc(NC(=O)CC(C)C)cn1)C1CCS(=O)(=O)C1. The first kappa shape index (κ1) is 17.7. The van der Waals surface area contributed by atoms with E-state index in [1.54, 1.807) is 6.20 Å². The third kappa shape index (κ3) is 4.92. The van der Waals surface area contributed by atoms with Gasteiger partial charge in [-0.15, -0.1) is 0 Å². The standard InChI is InChI=1S/C16H25N3O3S/c1-4-19(14-7-8-23(21,22)11-14)15-6-5-13(10-17-15)18-16(20)9-12(2)3/h5-6,10,12,14H,4,7-9,11H2,1-3H3,(H,18,20). The quantitative estimate of drug-likeness (QED) is 0.858. The van der Waals surface area contributed by atoms with E-state index < -0.39 is 9.84 Å². The molecule has 0 radical (unpaired) electrons. The maximum Gasteiger partial charge on any atom is 0.224 e. The van der Waals surface area contributed by atoms with Crippen molar-refractivity contribution >= 4 is 27.2 Å². The third-order valence-corrected chi connectivity index (χ3v) is 5.66. The Morgan fingerprint density at radius 2 is 2.17 bits per heavy atom. The third-order valence-electron chi connectivity index (χ3n) is 3.91. The Bertz CT molecular complexity index is 641. The molecule has 1 fully saturated rings. The van der Waals surface area contributed by atoms with Crippen LogP contribution < -0.4 is 10.2 Å². The molecule has 0 saturated carbocycles. The van der Waals surface area contributed by atoms with Crippen LogP contribution in [-0.2, 0) is 14.6 Å². The number of hydrogen-bond donors (Lipinski definition) is 1. The molecule has 0 bridgehead atoms. The van der Waals surface area contributed by atoms with E-state index >= 15 is 0 Å².